The van der Waals surface area contributed by atoms with Crippen LogP contribution in [0, 0.1) is 29.3 Å². The molecule has 0 unspecified atom stereocenters. The van der Waals surface area contributed by atoms with Crippen LogP contribution < -0.4 is 16.0 Å². The molecule has 12 amide bonds. The molecule has 3 aromatic carbocycles. The van der Waals surface area contributed by atoms with Gasteiger partial charge in [-0.05, 0) is 130 Å². The Kier molecular flexibility index (Phi) is 29.3. The third-order valence-electron chi connectivity index (χ3n) is 22.3. The molecule has 25 nitrogen and oxygen atoms in total. The van der Waals surface area contributed by atoms with Crippen LogP contribution in [-0.2, 0) is 93.9 Å². The summed E-state index contributed by atoms with van der Waals surface area (Å²) >= 11 is 0. The van der Waals surface area contributed by atoms with Gasteiger partial charge in [-0.2, -0.15) is 26.3 Å². The number of likely N-dealkylation sites (N-methyl/N-ethyl adjacent to an activating group) is 7. The molecule has 0 aromatic heterocycles. The number of rotatable bonds is 13. The second-order valence-corrected chi connectivity index (χ2v) is 30.2. The Morgan fingerprint density at radius 3 is 1.86 bits per heavy atom. The third kappa shape index (κ3) is 20.8. The number of aryl methyl sites for hydroxylation is 1. The number of hydrogen-bond donors (Lipinski definition) is 3. The Balaban J connectivity index is 1.24. The first-order valence-corrected chi connectivity index (χ1v) is 37.6. The first kappa shape index (κ1) is 87.9. The largest absolute Gasteiger partial charge is 0.422 e. The highest BCUT2D eigenvalue weighted by Gasteiger charge is 2.54. The molecule has 0 radical (unpaired) electrons. The van der Waals surface area contributed by atoms with Crippen molar-refractivity contribution in [1.82, 2.24) is 60.0 Å². The number of nitrogens with one attached hydrogen (secondary N) is 3. The van der Waals surface area contributed by atoms with Crippen LogP contribution in [0.4, 0.5) is 39.5 Å². The number of carbonyl (C=O) groups is 12. The minimum absolute atomic E-state index is 0.00539. The summed E-state index contributed by atoms with van der Waals surface area (Å²) < 4.78 is 135. The highest BCUT2D eigenvalue weighted by atomic mass is 19.4. The number of fused-ring (bicyclic) bond motifs is 3. The monoisotopic (exact) mass is 1580 g/mol. The predicted molar refractivity (Wildman–Crippen MR) is 389 cm³/mol. The first-order valence-electron chi connectivity index (χ1n) is 37.6. The van der Waals surface area contributed by atoms with Crippen LogP contribution in [0.2, 0.25) is 0 Å². The molecule has 4 fully saturated rings. The summed E-state index contributed by atoms with van der Waals surface area (Å²) in [6, 6.07) is -2.87. The van der Waals surface area contributed by atoms with E-state index in [4.69, 9.17) is 4.74 Å². The van der Waals surface area contributed by atoms with E-state index in [1.807, 2.05) is 0 Å². The van der Waals surface area contributed by atoms with Crippen molar-refractivity contribution in [3.05, 3.63) is 118 Å². The minimum Gasteiger partial charge on any atom is -0.377 e. The molecule has 2 aliphatic carbocycles. The number of nitrogens with zero attached hydrogens (tertiary/aromatic N) is 9. The van der Waals surface area contributed by atoms with Crippen molar-refractivity contribution in [2.75, 3.05) is 89.2 Å². The molecule has 34 heteroatoms. The lowest BCUT2D eigenvalue weighted by atomic mass is 9.74. The smallest absolute Gasteiger partial charge is 0.377 e. The lowest BCUT2D eigenvalue weighted by molar-refractivity contribution is -0.157. The van der Waals surface area contributed by atoms with Crippen LogP contribution >= 0.6 is 0 Å². The second kappa shape index (κ2) is 37.3. The molecule has 3 N–H and O–H groups in total. The van der Waals surface area contributed by atoms with Crippen LogP contribution in [0.15, 0.2) is 72.8 Å². The number of carbonyl (C=O) groups excluding carboxylic acids is 12. The van der Waals surface area contributed by atoms with Gasteiger partial charge in [-0.25, -0.2) is 13.2 Å². The van der Waals surface area contributed by atoms with E-state index in [0.29, 0.717) is 44.2 Å². The van der Waals surface area contributed by atoms with Crippen molar-refractivity contribution < 1.29 is 102 Å². The van der Waals surface area contributed by atoms with Gasteiger partial charge >= 0.3 is 12.4 Å². The zero-order valence-corrected chi connectivity index (χ0v) is 64.9. The molecule has 112 heavy (non-hydrogen) atoms. The van der Waals surface area contributed by atoms with Gasteiger partial charge < -0.3 is 64.8 Å². The SMILES string of the molecule is CCO[C@@H]1C[C@H]2C(=O)NC3(CCC3)C(=O)N(C)[C@@H](C3CCCC3)C(=O)N(C)[C@H](C(=O)N(C)C)CC(=O)N(C)[C@@H](Cc3cccc(F)c3)C(=O)N[C@@H]([C@@H](C)CC)C(=O)N(C)CC(=O)N(C)[C@H]3C/C=C\CCN(C3=O)[C@@H](Cc3ccc(C(F)(F)F)cc3)C(=O)N(C)CC(=O)N[C@@H](CCc3cc(F)c(C(F)(F)F)c(F)c3)C(=O)N2C1. The van der Waals surface area contributed by atoms with Crippen molar-refractivity contribution >= 4 is 70.9 Å². The first-order chi connectivity index (χ1) is 52.6. The molecule has 2 saturated carbocycles. The maximum atomic E-state index is 15.6. The van der Waals surface area contributed by atoms with E-state index in [0.717, 1.165) is 82.6 Å². The number of benzene rings is 3. The van der Waals surface area contributed by atoms with Crippen LogP contribution in [0.5, 0.6) is 0 Å². The van der Waals surface area contributed by atoms with Crippen LogP contribution in [0.3, 0.4) is 0 Å². The molecule has 2 saturated heterocycles. The third-order valence-corrected chi connectivity index (χ3v) is 22.3. The molecule has 10 atom stereocenters. The van der Waals surface area contributed by atoms with Crippen molar-refractivity contribution in [2.24, 2.45) is 11.8 Å². The van der Waals surface area contributed by atoms with Crippen molar-refractivity contribution in [3.63, 3.8) is 0 Å². The highest BCUT2D eigenvalue weighted by Crippen LogP contribution is 2.40. The van der Waals surface area contributed by atoms with Crippen LogP contribution in [-0.4, -0.2) is 264 Å². The topological polar surface area (TPSA) is 279 Å². The summed E-state index contributed by atoms with van der Waals surface area (Å²) in [5.74, 6) is -16.7. The number of hydrogen-bond acceptors (Lipinski definition) is 13. The predicted octanol–water partition coefficient (Wildman–Crippen LogP) is 6.07. The van der Waals surface area contributed by atoms with E-state index in [9.17, 15) is 45.5 Å². The number of amides is 12. The Bertz CT molecular complexity index is 3980. The summed E-state index contributed by atoms with van der Waals surface area (Å²) in [5.41, 5.74) is -5.12. The normalized spacial score (nSPS) is 25.5. The average molecular weight is 1590 g/mol. The van der Waals surface area contributed by atoms with Gasteiger partial charge in [0.05, 0.1) is 31.2 Å². The van der Waals surface area contributed by atoms with E-state index in [1.165, 1.54) is 66.4 Å². The summed E-state index contributed by atoms with van der Waals surface area (Å²) in [4.78, 5) is 191. The van der Waals surface area contributed by atoms with Gasteiger partial charge in [0, 0.05) is 95.3 Å². The molecular formula is C78H101F9N12O13. The van der Waals surface area contributed by atoms with Gasteiger partial charge in [-0.15, -0.1) is 0 Å². The Morgan fingerprint density at radius 1 is 0.643 bits per heavy atom. The average Bonchev–Trinajstić information content (AvgIpc) is 1.40. The maximum Gasteiger partial charge on any atom is 0.422 e. The summed E-state index contributed by atoms with van der Waals surface area (Å²) in [5, 5.41) is 8.18. The van der Waals surface area contributed by atoms with E-state index in [2.05, 4.69) is 16.0 Å². The molecule has 2 bridgehead atoms. The van der Waals surface area contributed by atoms with Gasteiger partial charge in [-0.1, -0.05) is 69.5 Å². The standard InChI is InChI=1S/C78H101F9N12O13/c1-12-45(3)65-73(109)93(7)44-63(102)94(8)56-25-15-14-18-34-98(72(56)108)60(38-46-26-29-50(30-27-46)77(82,83)84)71(107)92(6)43-61(100)88-55(31-28-48-36-53(80)64(54(81)37-48)78(85,86)87)69(105)99-42-52(112-13-2)40-58(99)68(104)90-76(32-20-33-76)75(111)97(11)66(49-22-16-17-23-49)74(110)96(10)59(70(106)91(4)5)41-62(101)95(9)57(67(103)89-65)39-47-21-19-24-51(79)35-47/h14-15,19,21,24,26-27,29-30,35-37,45,49,52,55-60,65-66H,12-13,16-18,20,22-23,25,28,31-34,38-44H2,1-11H3,(H,88,100)(H,89,103)(H,90,104)/b15-14-/t45-,52+,55-,56-,57-,58-,59-,60-,65-,66-/m0/s1. The lowest BCUT2D eigenvalue weighted by Gasteiger charge is -2.46. The van der Waals surface area contributed by atoms with Gasteiger partial charge in [0.1, 0.15) is 76.9 Å². The maximum absolute atomic E-state index is 15.6. The summed E-state index contributed by atoms with van der Waals surface area (Å²) in [7, 11) is 10.3. The molecule has 8 rings (SSSR count). The number of halogens is 9. The van der Waals surface area contributed by atoms with Crippen LogP contribution in [0.1, 0.15) is 132 Å². The van der Waals surface area contributed by atoms with Crippen molar-refractivity contribution in [3.8, 4) is 0 Å². The zero-order chi connectivity index (χ0) is 82.8. The molecule has 1 spiro atoms. The lowest BCUT2D eigenvalue weighted by Crippen LogP contribution is -2.68. The number of alkyl halides is 6. The zero-order valence-electron chi connectivity index (χ0n) is 64.9. The van der Waals surface area contributed by atoms with Crippen LogP contribution in [0.25, 0.3) is 0 Å². The van der Waals surface area contributed by atoms with E-state index in [-0.39, 0.29) is 75.8 Å². The molecule has 3 heterocycles. The Labute approximate surface area is 645 Å². The minimum atomic E-state index is -5.47. The molecule has 614 valence electrons. The van der Waals surface area contributed by atoms with Gasteiger partial charge in [0.2, 0.25) is 70.9 Å². The Hall–Kier alpha value is -9.63. The highest BCUT2D eigenvalue weighted by molar-refractivity contribution is 6.01. The van der Waals surface area contributed by atoms with Gasteiger partial charge in [-0.3, -0.25) is 57.5 Å². The molecule has 3 aliphatic heterocycles. The van der Waals surface area contributed by atoms with E-state index < -0.39 is 228 Å². The quantitative estimate of drug-likeness (QED) is 0.130. The molecule has 3 aromatic rings. The fraction of sp³-hybridized carbons (Fsp3) is 0.590. The fourth-order valence-corrected chi connectivity index (χ4v) is 15.4. The summed E-state index contributed by atoms with van der Waals surface area (Å²) in [6.07, 6.45) is -8.47. The van der Waals surface area contributed by atoms with Gasteiger partial charge in [0.15, 0.2) is 0 Å². The summed E-state index contributed by atoms with van der Waals surface area (Å²) in [6.45, 7) is 2.67. The van der Waals surface area contributed by atoms with Crippen molar-refractivity contribution in [2.45, 2.75) is 196 Å². The molecular weight excluding hydrogens is 1480 g/mol. The van der Waals surface area contributed by atoms with E-state index in [1.54, 1.807) is 32.9 Å². The number of ether oxygens (including phenoxy) is 1. The van der Waals surface area contributed by atoms with Gasteiger partial charge in [0.25, 0.3) is 0 Å². The second-order valence-electron chi connectivity index (χ2n) is 30.2. The Morgan fingerprint density at radius 2 is 1.28 bits per heavy atom. The molecule has 5 aliphatic rings. The van der Waals surface area contributed by atoms with E-state index >= 15 is 51.5 Å². The van der Waals surface area contributed by atoms with Crippen molar-refractivity contribution in [1.29, 1.82) is 0 Å². The fourth-order valence-electron chi connectivity index (χ4n) is 15.4.